The highest BCUT2D eigenvalue weighted by Gasteiger charge is 2.13. The predicted molar refractivity (Wildman–Crippen MR) is 137 cm³/mol. The molecule has 0 fully saturated rings. The highest BCUT2D eigenvalue weighted by atomic mass is 16.5. The van der Waals surface area contributed by atoms with Crippen molar-refractivity contribution >= 4 is 23.1 Å². The molecule has 1 aromatic heterocycles. The van der Waals surface area contributed by atoms with E-state index in [9.17, 15) is 4.79 Å². The Kier molecular flexibility index (Phi) is 8.12. The minimum atomic E-state index is -0.157. The van der Waals surface area contributed by atoms with E-state index in [4.69, 9.17) is 9.72 Å². The first-order chi connectivity index (χ1) is 16.7. The molecule has 34 heavy (non-hydrogen) atoms. The van der Waals surface area contributed by atoms with Crippen LogP contribution in [-0.4, -0.2) is 29.2 Å². The molecule has 0 unspecified atom stereocenters. The second-order valence-corrected chi connectivity index (χ2v) is 8.11. The van der Waals surface area contributed by atoms with Crippen molar-refractivity contribution in [1.82, 2.24) is 9.55 Å². The number of hydrogen-bond donors (Lipinski definition) is 0. The van der Waals surface area contributed by atoms with Crippen molar-refractivity contribution in [2.75, 3.05) is 13.7 Å². The van der Waals surface area contributed by atoms with E-state index in [1.54, 1.807) is 0 Å². The zero-order chi connectivity index (χ0) is 23.6. The van der Waals surface area contributed by atoms with Crippen LogP contribution in [0.2, 0.25) is 0 Å². The van der Waals surface area contributed by atoms with E-state index < -0.39 is 0 Å². The monoisotopic (exact) mass is 454 g/mol. The number of methoxy groups -OCH3 is 1. The number of nitrogens with zero attached hydrogens (tertiary/aromatic N) is 2. The molecular formula is C29H30N2O3. The lowest BCUT2D eigenvalue weighted by Crippen LogP contribution is -2.02. The Morgan fingerprint density at radius 2 is 1.71 bits per heavy atom. The first-order valence-corrected chi connectivity index (χ1v) is 11.7. The van der Waals surface area contributed by atoms with Gasteiger partial charge in [-0.25, -0.2) is 4.98 Å². The van der Waals surface area contributed by atoms with Crippen molar-refractivity contribution in [3.8, 4) is 17.1 Å². The lowest BCUT2D eigenvalue weighted by Gasteiger charge is -2.09. The van der Waals surface area contributed by atoms with Gasteiger partial charge in [-0.15, -0.1) is 0 Å². The van der Waals surface area contributed by atoms with Crippen LogP contribution in [-0.2, 0) is 16.1 Å². The molecule has 174 valence electrons. The van der Waals surface area contributed by atoms with Crippen molar-refractivity contribution < 1.29 is 14.3 Å². The zero-order valence-corrected chi connectivity index (χ0v) is 19.5. The number of carbonyl (C=O) groups is 1. The summed E-state index contributed by atoms with van der Waals surface area (Å²) in [6, 6.07) is 26.6. The Balaban J connectivity index is 1.51. The Hall–Kier alpha value is -3.86. The van der Waals surface area contributed by atoms with Crippen LogP contribution in [0.3, 0.4) is 0 Å². The van der Waals surface area contributed by atoms with Gasteiger partial charge in [-0.2, -0.15) is 0 Å². The minimum absolute atomic E-state index is 0.157. The Morgan fingerprint density at radius 1 is 0.941 bits per heavy atom. The van der Waals surface area contributed by atoms with Crippen LogP contribution >= 0.6 is 0 Å². The zero-order valence-electron chi connectivity index (χ0n) is 19.5. The van der Waals surface area contributed by atoms with E-state index in [-0.39, 0.29) is 5.97 Å². The number of benzene rings is 3. The lowest BCUT2D eigenvalue weighted by molar-refractivity contribution is -0.140. The minimum Gasteiger partial charge on any atom is -0.494 e. The van der Waals surface area contributed by atoms with Gasteiger partial charge in [-0.3, -0.25) is 4.79 Å². The Labute approximate surface area is 200 Å². The molecule has 0 amide bonds. The molecule has 5 heteroatoms. The topological polar surface area (TPSA) is 53.4 Å². The van der Waals surface area contributed by atoms with Crippen LogP contribution in [0, 0.1) is 0 Å². The molecule has 0 atom stereocenters. The summed E-state index contributed by atoms with van der Waals surface area (Å²) >= 11 is 0. The largest absolute Gasteiger partial charge is 0.494 e. The highest BCUT2D eigenvalue weighted by molar-refractivity contribution is 5.82. The molecular weight excluding hydrogens is 424 g/mol. The van der Waals surface area contributed by atoms with Crippen molar-refractivity contribution in [3.63, 3.8) is 0 Å². The molecule has 4 rings (SSSR count). The number of esters is 1. The summed E-state index contributed by atoms with van der Waals surface area (Å²) in [6.45, 7) is 1.31. The summed E-state index contributed by atoms with van der Waals surface area (Å²) in [5.41, 5.74) is 4.24. The number of rotatable bonds is 11. The van der Waals surface area contributed by atoms with Crippen molar-refractivity contribution in [1.29, 1.82) is 0 Å². The quantitative estimate of drug-likeness (QED) is 0.191. The van der Waals surface area contributed by atoms with Gasteiger partial charge >= 0.3 is 5.97 Å². The van der Waals surface area contributed by atoms with E-state index in [0.29, 0.717) is 19.6 Å². The summed E-state index contributed by atoms with van der Waals surface area (Å²) in [4.78, 5) is 16.1. The standard InChI is InChI=1S/C29H30N2O3/c1-33-28(32)17-9-4-10-21-34-25-18-19-26-27(22-25)31(20-11-14-23-12-5-2-6-13-23)29(30-26)24-15-7-3-8-16-24/h2-3,5-8,11-16,18-19,22H,4,9-10,17,20-21H2,1H3/b14-11+. The molecule has 0 bridgehead atoms. The first-order valence-electron chi connectivity index (χ1n) is 11.7. The van der Waals surface area contributed by atoms with Crippen molar-refractivity contribution in [2.45, 2.75) is 32.2 Å². The molecule has 3 aromatic carbocycles. The third-order valence-corrected chi connectivity index (χ3v) is 5.67. The number of fused-ring (bicyclic) bond motifs is 1. The SMILES string of the molecule is COC(=O)CCCCCOc1ccc2nc(-c3ccccc3)n(C/C=C/c3ccccc3)c2c1. The number of hydrogen-bond acceptors (Lipinski definition) is 4. The maximum Gasteiger partial charge on any atom is 0.305 e. The second kappa shape index (κ2) is 11.8. The molecule has 0 saturated carbocycles. The molecule has 5 nitrogen and oxygen atoms in total. The summed E-state index contributed by atoms with van der Waals surface area (Å²) in [6.07, 6.45) is 7.39. The third-order valence-electron chi connectivity index (χ3n) is 5.67. The van der Waals surface area contributed by atoms with Crippen molar-refractivity contribution in [2.24, 2.45) is 0 Å². The molecule has 0 saturated heterocycles. The number of carbonyl (C=O) groups excluding carboxylic acids is 1. The number of allylic oxidation sites excluding steroid dienone is 1. The van der Waals surface area contributed by atoms with E-state index in [1.807, 2.05) is 48.5 Å². The van der Waals surface area contributed by atoms with Gasteiger partial charge in [-0.05, 0) is 37.0 Å². The molecule has 0 aliphatic rings. The molecule has 0 radical (unpaired) electrons. The third kappa shape index (κ3) is 6.13. The van der Waals surface area contributed by atoms with Gasteiger partial charge in [0, 0.05) is 24.6 Å². The van der Waals surface area contributed by atoms with Gasteiger partial charge in [0.2, 0.25) is 0 Å². The van der Waals surface area contributed by atoms with Gasteiger partial charge in [0.05, 0.1) is 24.8 Å². The maximum absolute atomic E-state index is 11.2. The van der Waals surface area contributed by atoms with E-state index >= 15 is 0 Å². The van der Waals surface area contributed by atoms with Crippen LogP contribution in [0.5, 0.6) is 5.75 Å². The normalized spacial score (nSPS) is 11.2. The Morgan fingerprint density at radius 3 is 2.47 bits per heavy atom. The fourth-order valence-corrected chi connectivity index (χ4v) is 3.88. The summed E-state index contributed by atoms with van der Waals surface area (Å²) in [7, 11) is 1.42. The lowest BCUT2D eigenvalue weighted by atomic mass is 10.2. The smallest absolute Gasteiger partial charge is 0.305 e. The fourth-order valence-electron chi connectivity index (χ4n) is 3.88. The van der Waals surface area contributed by atoms with E-state index in [0.717, 1.165) is 47.4 Å². The molecule has 0 aliphatic heterocycles. The number of unbranched alkanes of at least 4 members (excludes halogenated alkanes) is 2. The average molecular weight is 455 g/mol. The molecule has 0 spiro atoms. The Bertz CT molecular complexity index is 1230. The first kappa shape index (κ1) is 23.3. The van der Waals surface area contributed by atoms with Crippen LogP contribution in [0.4, 0.5) is 0 Å². The summed E-state index contributed by atoms with van der Waals surface area (Å²) in [5, 5.41) is 0. The van der Waals surface area contributed by atoms with Crippen molar-refractivity contribution in [3.05, 3.63) is 90.5 Å². The molecule has 1 heterocycles. The van der Waals surface area contributed by atoms with Gasteiger partial charge in [-0.1, -0.05) is 72.8 Å². The summed E-state index contributed by atoms with van der Waals surface area (Å²) in [5.74, 6) is 1.61. The molecule has 0 aliphatic carbocycles. The van der Waals surface area contributed by atoms with Gasteiger partial charge in [0.25, 0.3) is 0 Å². The second-order valence-electron chi connectivity index (χ2n) is 8.11. The maximum atomic E-state index is 11.2. The van der Waals surface area contributed by atoms with Crippen LogP contribution in [0.15, 0.2) is 84.9 Å². The number of imidazole rings is 1. The van der Waals surface area contributed by atoms with Crippen LogP contribution < -0.4 is 4.74 Å². The summed E-state index contributed by atoms with van der Waals surface area (Å²) < 4.78 is 12.9. The fraction of sp³-hybridized carbons (Fsp3) is 0.241. The highest BCUT2D eigenvalue weighted by Crippen LogP contribution is 2.28. The molecule has 4 aromatic rings. The van der Waals surface area contributed by atoms with Crippen LogP contribution in [0.1, 0.15) is 31.2 Å². The average Bonchev–Trinajstić information content (AvgIpc) is 3.25. The molecule has 0 N–H and O–H groups in total. The van der Waals surface area contributed by atoms with Gasteiger partial charge < -0.3 is 14.0 Å². The predicted octanol–water partition coefficient (Wildman–Crippen LogP) is 6.53. The van der Waals surface area contributed by atoms with Gasteiger partial charge in [0.1, 0.15) is 11.6 Å². The van der Waals surface area contributed by atoms with E-state index in [2.05, 4.69) is 51.8 Å². The van der Waals surface area contributed by atoms with Gasteiger partial charge in [0.15, 0.2) is 0 Å². The number of aromatic nitrogens is 2. The van der Waals surface area contributed by atoms with E-state index in [1.165, 1.54) is 12.7 Å². The van der Waals surface area contributed by atoms with Crippen LogP contribution in [0.25, 0.3) is 28.5 Å². The number of ether oxygens (including phenoxy) is 2.